The lowest BCUT2D eigenvalue weighted by Gasteiger charge is -2.29. The third-order valence-electron chi connectivity index (χ3n) is 4.65. The fourth-order valence-corrected chi connectivity index (χ4v) is 3.15. The highest BCUT2D eigenvalue weighted by molar-refractivity contribution is 6.04. The lowest BCUT2D eigenvalue weighted by atomic mass is 9.93. The molecule has 0 bridgehead atoms. The van der Waals surface area contributed by atoms with Crippen LogP contribution in [0.1, 0.15) is 41.6 Å². The molecule has 2 atom stereocenters. The molecule has 1 saturated carbocycles. The number of methoxy groups -OCH3 is 1. The number of carbonyl (C=O) groups is 1. The Hall–Kier alpha value is -2.40. The Morgan fingerprint density at radius 1 is 1.16 bits per heavy atom. The summed E-state index contributed by atoms with van der Waals surface area (Å²) < 4.78 is 5.46. The Kier molecular flexibility index (Phi) is 5.66. The van der Waals surface area contributed by atoms with Crippen molar-refractivity contribution in [1.29, 1.82) is 0 Å². The van der Waals surface area contributed by atoms with E-state index in [9.17, 15) is 4.79 Å². The van der Waals surface area contributed by atoms with Gasteiger partial charge in [-0.3, -0.25) is 4.79 Å². The Labute approximate surface area is 148 Å². The molecule has 0 radical (unpaired) electrons. The van der Waals surface area contributed by atoms with Crippen molar-refractivity contribution in [3.63, 3.8) is 0 Å². The van der Waals surface area contributed by atoms with Gasteiger partial charge in [0, 0.05) is 25.0 Å². The molecule has 1 aromatic heterocycles. The number of nitrogens with zero attached hydrogens (tertiary/aromatic N) is 1. The molecule has 1 fully saturated rings. The zero-order chi connectivity index (χ0) is 17.6. The van der Waals surface area contributed by atoms with Crippen molar-refractivity contribution in [2.24, 2.45) is 0 Å². The van der Waals surface area contributed by atoms with Gasteiger partial charge in [-0.1, -0.05) is 17.7 Å². The van der Waals surface area contributed by atoms with E-state index in [1.807, 2.05) is 37.3 Å². The van der Waals surface area contributed by atoms with Crippen molar-refractivity contribution in [1.82, 2.24) is 4.98 Å². The highest BCUT2D eigenvalue weighted by Gasteiger charge is 2.21. The fourth-order valence-electron chi connectivity index (χ4n) is 3.15. The zero-order valence-electron chi connectivity index (χ0n) is 14.8. The average molecular weight is 339 g/mol. The van der Waals surface area contributed by atoms with Crippen molar-refractivity contribution in [3.05, 3.63) is 53.7 Å². The monoisotopic (exact) mass is 339 g/mol. The summed E-state index contributed by atoms with van der Waals surface area (Å²) in [7, 11) is 1.77. The molecular formula is C20H25N3O2. The quantitative estimate of drug-likeness (QED) is 0.864. The number of amides is 1. The maximum absolute atomic E-state index is 12.3. The number of anilines is 2. The molecule has 2 N–H and O–H groups in total. The van der Waals surface area contributed by atoms with Crippen LogP contribution in [0.5, 0.6) is 0 Å². The minimum Gasteiger partial charge on any atom is -0.381 e. The van der Waals surface area contributed by atoms with E-state index in [1.165, 1.54) is 0 Å². The summed E-state index contributed by atoms with van der Waals surface area (Å²) in [6.45, 7) is 2.02. The molecule has 2 unspecified atom stereocenters. The second kappa shape index (κ2) is 8.12. The SMILES string of the molecule is COC1CCCC(Nc2ccc(C(=O)Nc3ccc(C)cc3)cn2)C1. The predicted octanol–water partition coefficient (Wildman–Crippen LogP) is 4.01. The second-order valence-electron chi connectivity index (χ2n) is 6.62. The van der Waals surface area contributed by atoms with Crippen LogP contribution < -0.4 is 10.6 Å². The van der Waals surface area contributed by atoms with Crippen LogP contribution in [-0.4, -0.2) is 30.1 Å². The van der Waals surface area contributed by atoms with Gasteiger partial charge in [-0.25, -0.2) is 4.98 Å². The number of carbonyl (C=O) groups excluding carboxylic acids is 1. The molecule has 132 valence electrons. The molecule has 1 aromatic carbocycles. The normalized spacial score (nSPS) is 20.1. The minimum absolute atomic E-state index is 0.153. The second-order valence-corrected chi connectivity index (χ2v) is 6.62. The lowest BCUT2D eigenvalue weighted by molar-refractivity contribution is 0.0669. The Bertz CT molecular complexity index is 698. The number of rotatable bonds is 5. The molecule has 1 aliphatic rings. The first-order chi connectivity index (χ1) is 12.1. The van der Waals surface area contributed by atoms with Gasteiger partial charge in [0.15, 0.2) is 0 Å². The van der Waals surface area contributed by atoms with E-state index in [2.05, 4.69) is 15.6 Å². The van der Waals surface area contributed by atoms with Crippen LogP contribution in [-0.2, 0) is 4.74 Å². The first-order valence-electron chi connectivity index (χ1n) is 8.77. The van der Waals surface area contributed by atoms with Crippen molar-refractivity contribution in [2.75, 3.05) is 17.7 Å². The summed E-state index contributed by atoms with van der Waals surface area (Å²) in [6, 6.07) is 11.8. The van der Waals surface area contributed by atoms with Gasteiger partial charge in [-0.15, -0.1) is 0 Å². The summed E-state index contributed by atoms with van der Waals surface area (Å²) >= 11 is 0. The average Bonchev–Trinajstić information content (AvgIpc) is 2.64. The van der Waals surface area contributed by atoms with Crippen LogP contribution in [0.25, 0.3) is 0 Å². The van der Waals surface area contributed by atoms with Crippen molar-refractivity contribution in [2.45, 2.75) is 44.8 Å². The van der Waals surface area contributed by atoms with Crippen molar-refractivity contribution >= 4 is 17.4 Å². The molecule has 25 heavy (non-hydrogen) atoms. The summed E-state index contributed by atoms with van der Waals surface area (Å²) in [5.41, 5.74) is 2.49. The highest BCUT2D eigenvalue weighted by Crippen LogP contribution is 2.23. The first kappa shape index (κ1) is 17.4. The van der Waals surface area contributed by atoms with Gasteiger partial charge in [-0.2, -0.15) is 0 Å². The van der Waals surface area contributed by atoms with E-state index < -0.39 is 0 Å². The standard InChI is InChI=1S/C20H25N3O2/c1-14-6-9-16(10-7-14)23-20(24)15-8-11-19(21-13-15)22-17-4-3-5-18(12-17)25-2/h6-11,13,17-18H,3-5,12H2,1-2H3,(H,21,22)(H,23,24). The Balaban J connectivity index is 1.57. The zero-order valence-corrected chi connectivity index (χ0v) is 14.8. The lowest BCUT2D eigenvalue weighted by Crippen LogP contribution is -2.31. The molecule has 5 heteroatoms. The number of hydrogen-bond donors (Lipinski definition) is 2. The molecule has 2 aromatic rings. The fraction of sp³-hybridized carbons (Fsp3) is 0.400. The molecule has 3 rings (SSSR count). The van der Waals surface area contributed by atoms with E-state index in [0.29, 0.717) is 17.7 Å². The molecule has 0 aliphatic heterocycles. The van der Waals surface area contributed by atoms with E-state index in [4.69, 9.17) is 4.74 Å². The smallest absolute Gasteiger partial charge is 0.257 e. The topological polar surface area (TPSA) is 63.2 Å². The van der Waals surface area contributed by atoms with E-state index >= 15 is 0 Å². The summed E-state index contributed by atoms with van der Waals surface area (Å²) in [6.07, 6.45) is 6.34. The van der Waals surface area contributed by atoms with Crippen LogP contribution in [0.3, 0.4) is 0 Å². The van der Waals surface area contributed by atoms with E-state index in [-0.39, 0.29) is 5.91 Å². The van der Waals surface area contributed by atoms with Crippen molar-refractivity contribution < 1.29 is 9.53 Å². The molecule has 5 nitrogen and oxygen atoms in total. The Morgan fingerprint density at radius 3 is 2.64 bits per heavy atom. The molecule has 1 aliphatic carbocycles. The van der Waals surface area contributed by atoms with Gasteiger partial charge >= 0.3 is 0 Å². The van der Waals surface area contributed by atoms with Gasteiger partial charge in [0.1, 0.15) is 5.82 Å². The maximum atomic E-state index is 12.3. The number of aromatic nitrogens is 1. The van der Waals surface area contributed by atoms with E-state index in [0.717, 1.165) is 42.8 Å². The molecule has 0 saturated heterocycles. The number of pyridine rings is 1. The summed E-state index contributed by atoms with van der Waals surface area (Å²) in [5.74, 6) is 0.647. The summed E-state index contributed by atoms with van der Waals surface area (Å²) in [4.78, 5) is 16.7. The predicted molar refractivity (Wildman–Crippen MR) is 100 cm³/mol. The van der Waals surface area contributed by atoms with Crippen LogP contribution in [0.2, 0.25) is 0 Å². The summed E-state index contributed by atoms with van der Waals surface area (Å²) in [5, 5.41) is 6.33. The first-order valence-corrected chi connectivity index (χ1v) is 8.77. The number of aryl methyl sites for hydroxylation is 1. The third-order valence-corrected chi connectivity index (χ3v) is 4.65. The largest absolute Gasteiger partial charge is 0.381 e. The number of benzene rings is 1. The van der Waals surface area contributed by atoms with Crippen LogP contribution in [0, 0.1) is 6.92 Å². The van der Waals surface area contributed by atoms with E-state index in [1.54, 1.807) is 19.4 Å². The minimum atomic E-state index is -0.153. The molecule has 1 amide bonds. The van der Waals surface area contributed by atoms with Gasteiger partial charge in [0.25, 0.3) is 5.91 Å². The number of ether oxygens (including phenoxy) is 1. The van der Waals surface area contributed by atoms with Crippen molar-refractivity contribution in [3.8, 4) is 0 Å². The molecule has 1 heterocycles. The number of hydrogen-bond acceptors (Lipinski definition) is 4. The van der Waals surface area contributed by atoms with Gasteiger partial charge in [0.2, 0.25) is 0 Å². The number of nitrogens with one attached hydrogen (secondary N) is 2. The van der Waals surface area contributed by atoms with Gasteiger partial charge < -0.3 is 15.4 Å². The van der Waals surface area contributed by atoms with Crippen LogP contribution >= 0.6 is 0 Å². The van der Waals surface area contributed by atoms with Gasteiger partial charge in [-0.05, 0) is 56.9 Å². The molecular weight excluding hydrogens is 314 g/mol. The third kappa shape index (κ3) is 4.79. The Morgan fingerprint density at radius 2 is 1.96 bits per heavy atom. The molecule has 0 spiro atoms. The van der Waals surface area contributed by atoms with Crippen LogP contribution in [0.15, 0.2) is 42.6 Å². The highest BCUT2D eigenvalue weighted by atomic mass is 16.5. The van der Waals surface area contributed by atoms with Gasteiger partial charge in [0.05, 0.1) is 11.7 Å². The van der Waals surface area contributed by atoms with Crippen LogP contribution in [0.4, 0.5) is 11.5 Å². The maximum Gasteiger partial charge on any atom is 0.257 e.